The van der Waals surface area contributed by atoms with Crippen molar-refractivity contribution in [3.63, 3.8) is 0 Å². The standard InChI is InChI=1S/C97H89BN4/c1-63-91-64(2)99(92-82(66-40-48-71(49-41-66)94(3,4)5)36-24-37-83(92)68-44-52-74(53-45-68)97(11,12)76-29-23-35-80(61-76)101(91)78-32-20-15-21-33-78)88-58-70(65-26-16-13-17-27-65)59-89-90(88)98(63)86-57-56-81-62-87(86)102(89)93-84(67-42-50-72(51-43-67)95(6,7)8)38-25-39-85(93)69-46-54-73(55-47-69)96(9,10)75-28-22-34-79(60-75)100(81)77-30-18-14-19-31-77/h13-64,91H,1-12H3/t63?,64?,91-/m0/s1. The molecule has 6 heterocycles. The van der Waals surface area contributed by atoms with Crippen molar-refractivity contribution >= 4 is 74.5 Å². The quantitative estimate of drug-likeness (QED) is 0.159. The first kappa shape index (κ1) is 64.5. The molecule has 0 fully saturated rings. The zero-order valence-electron chi connectivity index (χ0n) is 61.0. The van der Waals surface area contributed by atoms with Gasteiger partial charge in [0.1, 0.15) is 0 Å². The van der Waals surface area contributed by atoms with E-state index in [-0.39, 0.29) is 46.3 Å². The van der Waals surface area contributed by atoms with Gasteiger partial charge < -0.3 is 19.6 Å². The fourth-order valence-electron chi connectivity index (χ4n) is 17.6. The molecule has 0 amide bonds. The fraction of sp³-hybridized carbons (Fsp3) is 0.196. The van der Waals surface area contributed by atoms with Crippen molar-refractivity contribution in [1.29, 1.82) is 0 Å². The van der Waals surface area contributed by atoms with E-state index in [4.69, 9.17) is 0 Å². The normalized spacial score (nSPS) is 17.0. The Bertz CT molecular complexity index is 5330. The van der Waals surface area contributed by atoms with Crippen molar-refractivity contribution in [2.24, 2.45) is 0 Å². The summed E-state index contributed by atoms with van der Waals surface area (Å²) < 4.78 is 0. The van der Waals surface area contributed by atoms with Crippen LogP contribution in [0.3, 0.4) is 0 Å². The predicted molar refractivity (Wildman–Crippen MR) is 436 cm³/mol. The summed E-state index contributed by atoms with van der Waals surface area (Å²) in [5, 5.41) is 0. The minimum Gasteiger partial charge on any atom is -0.337 e. The molecule has 0 N–H and O–H groups in total. The highest BCUT2D eigenvalue weighted by atomic mass is 15.3. The van der Waals surface area contributed by atoms with Crippen LogP contribution >= 0.6 is 0 Å². The molecule has 0 aromatic heterocycles. The van der Waals surface area contributed by atoms with Gasteiger partial charge in [0.25, 0.3) is 0 Å². The summed E-state index contributed by atoms with van der Waals surface area (Å²) in [6, 6.07) is 117. The second kappa shape index (κ2) is 24.4. The van der Waals surface area contributed by atoms with E-state index in [1.165, 1.54) is 83.6 Å². The van der Waals surface area contributed by atoms with Crippen molar-refractivity contribution in [3.05, 3.63) is 337 Å². The monoisotopic (exact) mass is 1320 g/mol. The first-order chi connectivity index (χ1) is 49.2. The molecule has 102 heavy (non-hydrogen) atoms. The van der Waals surface area contributed by atoms with E-state index in [1.54, 1.807) is 0 Å². The fourth-order valence-corrected chi connectivity index (χ4v) is 17.6. The lowest BCUT2D eigenvalue weighted by atomic mass is 9.31. The Balaban J connectivity index is 1.07. The molecule has 19 rings (SSSR count). The Labute approximate surface area is 605 Å². The molecule has 5 heteroatoms. The van der Waals surface area contributed by atoms with E-state index < -0.39 is 0 Å². The summed E-state index contributed by atoms with van der Waals surface area (Å²) in [6.07, 6.45) is 0. The lowest BCUT2D eigenvalue weighted by molar-refractivity contribution is 0.525. The van der Waals surface area contributed by atoms with Gasteiger partial charge in [-0.2, -0.15) is 0 Å². The van der Waals surface area contributed by atoms with Crippen molar-refractivity contribution < 1.29 is 0 Å². The number of anilines is 10. The van der Waals surface area contributed by atoms with Crippen LogP contribution in [0.25, 0.3) is 55.6 Å². The largest absolute Gasteiger partial charge is 0.337 e. The van der Waals surface area contributed by atoms with Gasteiger partial charge >= 0.3 is 0 Å². The molecule has 3 atom stereocenters. The van der Waals surface area contributed by atoms with Gasteiger partial charge in [-0.25, -0.2) is 0 Å². The van der Waals surface area contributed by atoms with Gasteiger partial charge in [-0.3, -0.25) is 0 Å². The summed E-state index contributed by atoms with van der Waals surface area (Å²) in [7, 11) is 0. The molecule has 6 aliphatic heterocycles. The topological polar surface area (TPSA) is 13.0 Å². The van der Waals surface area contributed by atoms with Crippen LogP contribution in [0.15, 0.2) is 303 Å². The highest BCUT2D eigenvalue weighted by Crippen LogP contribution is 2.57. The third kappa shape index (κ3) is 10.7. The lowest BCUT2D eigenvalue weighted by Crippen LogP contribution is -2.56. The van der Waals surface area contributed by atoms with Crippen LogP contribution in [0.1, 0.15) is 116 Å². The Morgan fingerprint density at radius 1 is 0.304 bits per heavy atom. The molecular weight excluding hydrogens is 1230 g/mol. The third-order valence-electron chi connectivity index (χ3n) is 23.4. The lowest BCUT2D eigenvalue weighted by Gasteiger charge is -2.46. The molecule has 0 saturated carbocycles. The molecule has 13 aromatic rings. The van der Waals surface area contributed by atoms with Crippen molar-refractivity contribution in [2.45, 2.75) is 123 Å². The first-order valence-electron chi connectivity index (χ1n) is 36.8. The van der Waals surface area contributed by atoms with E-state index in [0.717, 1.165) is 73.2 Å². The summed E-state index contributed by atoms with van der Waals surface area (Å²) in [5.74, 6) is -0.0491. The SMILES string of the molecule is CC1B2c3ccc4cc3N(c3cc(-c5ccccc5)cc(c32)N2c3c(-c5ccc(C(C)(C)C)cc5)cccc3-c3ccc(cc3)C(C)(C)c3cccc(c3)N(c3ccccc3)[C@@H]1C2C)c1c(-c2ccc(C(C)(C)C)cc2)cccc1-c1ccc(cc1)C(C)(C)c1cccc(c1)N4c1ccccc1. The van der Waals surface area contributed by atoms with Crippen LogP contribution in [0.2, 0.25) is 5.82 Å². The molecule has 0 aliphatic carbocycles. The van der Waals surface area contributed by atoms with Crippen LogP contribution in [-0.4, -0.2) is 18.8 Å². The maximum atomic E-state index is 2.86. The number of benzene rings is 13. The van der Waals surface area contributed by atoms with Crippen LogP contribution in [0.4, 0.5) is 56.9 Å². The Morgan fingerprint density at radius 2 is 0.725 bits per heavy atom. The van der Waals surface area contributed by atoms with Gasteiger partial charge in [0, 0.05) is 78.6 Å². The minimum atomic E-state index is -0.333. The summed E-state index contributed by atoms with van der Waals surface area (Å²) in [4.78, 5) is 10.9. The highest BCUT2D eigenvalue weighted by Gasteiger charge is 2.51. The van der Waals surface area contributed by atoms with Crippen molar-refractivity contribution in [3.8, 4) is 55.6 Å². The maximum absolute atomic E-state index is 2.86. The molecule has 12 bridgehead atoms. The zero-order valence-corrected chi connectivity index (χ0v) is 61.0. The smallest absolute Gasteiger partial charge is 0.222 e. The average molecular weight is 1320 g/mol. The number of nitrogens with zero attached hydrogens (tertiary/aromatic N) is 4. The Morgan fingerprint density at radius 3 is 1.24 bits per heavy atom. The predicted octanol–water partition coefficient (Wildman–Crippen LogP) is 24.9. The number of fused-ring (bicyclic) bond motifs is 5. The van der Waals surface area contributed by atoms with Crippen LogP contribution in [0.5, 0.6) is 0 Å². The van der Waals surface area contributed by atoms with Crippen LogP contribution in [0, 0.1) is 0 Å². The summed E-state index contributed by atoms with van der Waals surface area (Å²) in [5.41, 5.74) is 32.6. The number of hydrogen-bond acceptors (Lipinski definition) is 4. The Kier molecular flexibility index (Phi) is 15.5. The van der Waals surface area contributed by atoms with E-state index in [2.05, 4.69) is 406 Å². The van der Waals surface area contributed by atoms with Crippen LogP contribution in [-0.2, 0) is 21.7 Å². The number of para-hydroxylation sites is 4. The molecule has 4 nitrogen and oxygen atoms in total. The number of hydrogen-bond donors (Lipinski definition) is 0. The highest BCUT2D eigenvalue weighted by molar-refractivity contribution is 6.90. The summed E-state index contributed by atoms with van der Waals surface area (Å²) >= 11 is 0. The second-order valence-electron chi connectivity index (χ2n) is 32.3. The van der Waals surface area contributed by atoms with Crippen LogP contribution < -0.4 is 30.5 Å². The van der Waals surface area contributed by atoms with E-state index in [1.807, 2.05) is 0 Å². The molecular formula is C97H89BN4. The van der Waals surface area contributed by atoms with E-state index in [9.17, 15) is 0 Å². The molecule has 13 aromatic carbocycles. The van der Waals surface area contributed by atoms with Gasteiger partial charge in [-0.1, -0.05) is 307 Å². The minimum absolute atomic E-state index is 0.0338. The van der Waals surface area contributed by atoms with Gasteiger partial charge in [0.2, 0.25) is 6.71 Å². The molecule has 500 valence electrons. The zero-order chi connectivity index (χ0) is 70.1. The Hall–Kier alpha value is -10.9. The van der Waals surface area contributed by atoms with Gasteiger partial charge in [-0.15, -0.1) is 0 Å². The molecule has 2 unspecified atom stereocenters. The molecule has 0 spiro atoms. The first-order valence-corrected chi connectivity index (χ1v) is 36.8. The van der Waals surface area contributed by atoms with Crippen molar-refractivity contribution in [1.82, 2.24) is 0 Å². The van der Waals surface area contributed by atoms with E-state index in [0.29, 0.717) is 0 Å². The maximum Gasteiger partial charge on any atom is 0.222 e. The average Bonchev–Trinajstić information content (AvgIpc) is 1.39. The second-order valence-corrected chi connectivity index (χ2v) is 32.3. The van der Waals surface area contributed by atoms with E-state index >= 15 is 0 Å². The molecule has 0 radical (unpaired) electrons. The molecule has 6 aliphatic rings. The van der Waals surface area contributed by atoms with Gasteiger partial charge in [0.05, 0.1) is 23.5 Å². The van der Waals surface area contributed by atoms with Gasteiger partial charge in [-0.05, 0) is 174 Å². The van der Waals surface area contributed by atoms with Crippen molar-refractivity contribution in [2.75, 3.05) is 19.6 Å². The summed E-state index contributed by atoms with van der Waals surface area (Å²) in [6.45, 7) is 28.4. The third-order valence-corrected chi connectivity index (χ3v) is 23.4. The molecule has 0 saturated heterocycles. The number of rotatable bonds is 5. The van der Waals surface area contributed by atoms with Gasteiger partial charge in [0.15, 0.2) is 0 Å².